The minimum absolute atomic E-state index is 0.452. The summed E-state index contributed by atoms with van der Waals surface area (Å²) in [7, 11) is 0. The van der Waals surface area contributed by atoms with E-state index in [9.17, 15) is 4.79 Å². The molecule has 0 radical (unpaired) electrons. The van der Waals surface area contributed by atoms with Crippen molar-refractivity contribution in [3.63, 3.8) is 0 Å². The molecule has 0 aromatic heterocycles. The van der Waals surface area contributed by atoms with Gasteiger partial charge in [-0.05, 0) is 36.4 Å². The normalized spacial score (nSPS) is 10.1. The molecule has 0 unspecified atom stereocenters. The Morgan fingerprint density at radius 3 is 2.55 bits per heavy atom. The number of primary amides is 1. The first-order chi connectivity index (χ1) is 9.66. The number of halogens is 1. The van der Waals surface area contributed by atoms with Crippen molar-refractivity contribution in [1.29, 1.82) is 0 Å². The van der Waals surface area contributed by atoms with Gasteiger partial charge >= 0.3 is 0 Å². The molecule has 104 valence electrons. The van der Waals surface area contributed by atoms with Gasteiger partial charge in [-0.15, -0.1) is 0 Å². The first-order valence-corrected chi connectivity index (χ1v) is 6.55. The van der Waals surface area contributed by atoms with E-state index < -0.39 is 5.91 Å². The standard InChI is InChI=1S/C15H15ClN2O2/c16-11-5-7-12(8-6-11)20-10-9-18-14-4-2-1-3-13(14)15(17)19/h1-8,18H,9-10H2,(H2,17,19). The van der Waals surface area contributed by atoms with E-state index in [2.05, 4.69) is 5.32 Å². The summed E-state index contributed by atoms with van der Waals surface area (Å²) in [6.45, 7) is 1.03. The summed E-state index contributed by atoms with van der Waals surface area (Å²) in [5, 5.41) is 3.80. The summed E-state index contributed by atoms with van der Waals surface area (Å²) in [6, 6.07) is 14.3. The van der Waals surface area contributed by atoms with Crippen molar-refractivity contribution >= 4 is 23.2 Å². The van der Waals surface area contributed by atoms with Crippen molar-refractivity contribution in [1.82, 2.24) is 0 Å². The summed E-state index contributed by atoms with van der Waals surface area (Å²) in [4.78, 5) is 11.2. The molecule has 0 aliphatic carbocycles. The van der Waals surface area contributed by atoms with Gasteiger partial charge in [0.1, 0.15) is 12.4 Å². The smallest absolute Gasteiger partial charge is 0.250 e. The first kappa shape index (κ1) is 14.2. The van der Waals surface area contributed by atoms with E-state index >= 15 is 0 Å². The van der Waals surface area contributed by atoms with E-state index in [-0.39, 0.29) is 0 Å². The van der Waals surface area contributed by atoms with Crippen molar-refractivity contribution in [2.24, 2.45) is 5.73 Å². The van der Waals surface area contributed by atoms with E-state index in [0.717, 1.165) is 5.75 Å². The van der Waals surface area contributed by atoms with Crippen LogP contribution in [0.1, 0.15) is 10.4 Å². The Morgan fingerprint density at radius 1 is 1.15 bits per heavy atom. The first-order valence-electron chi connectivity index (χ1n) is 6.18. The van der Waals surface area contributed by atoms with Crippen LogP contribution in [0.4, 0.5) is 5.69 Å². The summed E-state index contributed by atoms with van der Waals surface area (Å²) < 4.78 is 5.55. The fraction of sp³-hybridized carbons (Fsp3) is 0.133. The summed E-state index contributed by atoms with van der Waals surface area (Å²) >= 11 is 5.79. The van der Waals surface area contributed by atoms with E-state index in [4.69, 9.17) is 22.1 Å². The third-order valence-electron chi connectivity index (χ3n) is 2.69. The van der Waals surface area contributed by atoms with E-state index in [1.165, 1.54) is 0 Å². The number of hydrogen-bond acceptors (Lipinski definition) is 3. The average Bonchev–Trinajstić information content (AvgIpc) is 2.46. The molecule has 0 aliphatic rings. The lowest BCUT2D eigenvalue weighted by atomic mass is 10.1. The van der Waals surface area contributed by atoms with E-state index in [1.807, 2.05) is 12.1 Å². The SMILES string of the molecule is NC(=O)c1ccccc1NCCOc1ccc(Cl)cc1. The minimum atomic E-state index is -0.452. The Morgan fingerprint density at radius 2 is 1.85 bits per heavy atom. The summed E-state index contributed by atoms with van der Waals surface area (Å²) in [5.41, 5.74) is 6.48. The van der Waals surface area contributed by atoms with Crippen LogP contribution in [0, 0.1) is 0 Å². The number of para-hydroxylation sites is 1. The Kier molecular flexibility index (Phi) is 4.85. The third kappa shape index (κ3) is 3.90. The molecular formula is C15H15ClN2O2. The van der Waals surface area contributed by atoms with Crippen molar-refractivity contribution in [3.8, 4) is 5.75 Å². The monoisotopic (exact) mass is 290 g/mol. The fourth-order valence-electron chi connectivity index (χ4n) is 1.74. The van der Waals surface area contributed by atoms with Crippen LogP contribution in [0.3, 0.4) is 0 Å². The van der Waals surface area contributed by atoms with Gasteiger partial charge < -0.3 is 15.8 Å². The minimum Gasteiger partial charge on any atom is -0.492 e. The average molecular weight is 291 g/mol. The lowest BCUT2D eigenvalue weighted by molar-refractivity contribution is 0.100. The maximum atomic E-state index is 11.2. The second kappa shape index (κ2) is 6.82. The van der Waals surface area contributed by atoms with Crippen molar-refractivity contribution < 1.29 is 9.53 Å². The number of nitrogens with two attached hydrogens (primary N) is 1. The predicted octanol–water partition coefficient (Wildman–Crippen LogP) is 2.93. The molecule has 20 heavy (non-hydrogen) atoms. The van der Waals surface area contributed by atoms with Gasteiger partial charge in [0.25, 0.3) is 5.91 Å². The zero-order valence-corrected chi connectivity index (χ0v) is 11.6. The number of rotatable bonds is 6. The van der Waals surface area contributed by atoms with Gasteiger partial charge in [0.15, 0.2) is 0 Å². The molecule has 0 fully saturated rings. The van der Waals surface area contributed by atoms with Gasteiger partial charge in [-0.3, -0.25) is 4.79 Å². The topological polar surface area (TPSA) is 64.4 Å². The van der Waals surface area contributed by atoms with Crippen LogP contribution < -0.4 is 15.8 Å². The molecule has 0 spiro atoms. The van der Waals surface area contributed by atoms with Gasteiger partial charge in [0, 0.05) is 17.3 Å². The van der Waals surface area contributed by atoms with Crippen LogP contribution in [0.2, 0.25) is 5.02 Å². The molecule has 2 aromatic rings. The second-order valence-corrected chi connectivity index (χ2v) is 4.58. The quantitative estimate of drug-likeness (QED) is 0.804. The van der Waals surface area contributed by atoms with Crippen LogP contribution in [0.5, 0.6) is 5.75 Å². The van der Waals surface area contributed by atoms with Crippen LogP contribution in [0.15, 0.2) is 48.5 Å². The maximum Gasteiger partial charge on any atom is 0.250 e. The van der Waals surface area contributed by atoms with Crippen LogP contribution in [-0.4, -0.2) is 19.1 Å². The van der Waals surface area contributed by atoms with Crippen LogP contribution in [0.25, 0.3) is 0 Å². The van der Waals surface area contributed by atoms with E-state index in [1.54, 1.807) is 36.4 Å². The number of carbonyl (C=O) groups is 1. The van der Waals surface area contributed by atoms with Crippen molar-refractivity contribution in [2.75, 3.05) is 18.5 Å². The molecule has 5 heteroatoms. The molecule has 0 saturated heterocycles. The second-order valence-electron chi connectivity index (χ2n) is 4.14. The van der Waals surface area contributed by atoms with Gasteiger partial charge in [-0.2, -0.15) is 0 Å². The molecule has 0 atom stereocenters. The number of anilines is 1. The molecule has 1 amide bonds. The number of amides is 1. The van der Waals surface area contributed by atoms with Gasteiger partial charge in [-0.25, -0.2) is 0 Å². The molecule has 0 heterocycles. The van der Waals surface area contributed by atoms with Gasteiger partial charge in [0.05, 0.1) is 5.56 Å². The Labute approximate surface area is 122 Å². The highest BCUT2D eigenvalue weighted by Gasteiger charge is 2.05. The van der Waals surface area contributed by atoms with Crippen LogP contribution in [-0.2, 0) is 0 Å². The zero-order valence-electron chi connectivity index (χ0n) is 10.8. The van der Waals surface area contributed by atoms with Crippen LogP contribution >= 0.6 is 11.6 Å². The third-order valence-corrected chi connectivity index (χ3v) is 2.94. The highest BCUT2D eigenvalue weighted by Crippen LogP contribution is 2.16. The predicted molar refractivity (Wildman–Crippen MR) is 80.4 cm³/mol. The molecule has 0 saturated carbocycles. The summed E-state index contributed by atoms with van der Waals surface area (Å²) in [6.07, 6.45) is 0. The molecule has 2 aromatic carbocycles. The van der Waals surface area contributed by atoms with Crippen molar-refractivity contribution in [2.45, 2.75) is 0 Å². The number of benzene rings is 2. The molecule has 0 bridgehead atoms. The lowest BCUT2D eigenvalue weighted by Crippen LogP contribution is -2.17. The summed E-state index contributed by atoms with van der Waals surface area (Å²) in [5.74, 6) is 0.297. The molecule has 0 aliphatic heterocycles. The maximum absolute atomic E-state index is 11.2. The molecule has 2 rings (SSSR count). The lowest BCUT2D eigenvalue weighted by Gasteiger charge is -2.11. The molecule has 3 N–H and O–H groups in total. The highest BCUT2D eigenvalue weighted by molar-refractivity contribution is 6.30. The van der Waals surface area contributed by atoms with Gasteiger partial charge in [-0.1, -0.05) is 23.7 Å². The Balaban J connectivity index is 1.84. The van der Waals surface area contributed by atoms with Gasteiger partial charge in [0.2, 0.25) is 0 Å². The number of hydrogen-bond donors (Lipinski definition) is 2. The zero-order chi connectivity index (χ0) is 14.4. The molecular weight excluding hydrogens is 276 g/mol. The largest absolute Gasteiger partial charge is 0.492 e. The number of nitrogens with one attached hydrogen (secondary N) is 1. The van der Waals surface area contributed by atoms with Crippen molar-refractivity contribution in [3.05, 3.63) is 59.1 Å². The van der Waals surface area contributed by atoms with E-state index in [0.29, 0.717) is 29.4 Å². The number of ether oxygens (including phenoxy) is 1. The Bertz CT molecular complexity index is 585. The molecule has 4 nitrogen and oxygen atoms in total. The fourth-order valence-corrected chi connectivity index (χ4v) is 1.86. The Hall–Kier alpha value is -2.20. The number of carbonyl (C=O) groups excluding carboxylic acids is 1. The highest BCUT2D eigenvalue weighted by atomic mass is 35.5.